The van der Waals surface area contributed by atoms with Crippen molar-refractivity contribution in [2.75, 3.05) is 19.6 Å². The zero-order valence-electron chi connectivity index (χ0n) is 15.5. The molecule has 0 atom stereocenters. The smallest absolute Gasteiger partial charge is 0.242 e. The molecule has 0 N–H and O–H groups in total. The number of unbranched alkanes of at least 4 members (excludes halogenated alkanes) is 1. The number of hydrogen-bond donors (Lipinski definition) is 0. The van der Waals surface area contributed by atoms with Gasteiger partial charge in [0.05, 0.1) is 6.54 Å². The summed E-state index contributed by atoms with van der Waals surface area (Å²) in [6.45, 7) is 10.1. The van der Waals surface area contributed by atoms with Crippen LogP contribution in [0.5, 0.6) is 0 Å². The minimum atomic E-state index is -0.456. The molecule has 0 spiro atoms. The third-order valence-electron chi connectivity index (χ3n) is 4.52. The summed E-state index contributed by atoms with van der Waals surface area (Å²) in [4.78, 5) is 29.0. The lowest BCUT2D eigenvalue weighted by Gasteiger charge is -2.33. The van der Waals surface area contributed by atoms with E-state index >= 15 is 0 Å². The molecule has 0 unspecified atom stereocenters. The van der Waals surface area contributed by atoms with E-state index in [4.69, 9.17) is 0 Å². The zero-order valence-corrected chi connectivity index (χ0v) is 15.5. The largest absolute Gasteiger partial charge is 0.336 e. The molecule has 24 heavy (non-hydrogen) atoms. The molecule has 4 heteroatoms. The van der Waals surface area contributed by atoms with Gasteiger partial charge < -0.3 is 9.80 Å². The van der Waals surface area contributed by atoms with Gasteiger partial charge in [0.25, 0.3) is 0 Å². The van der Waals surface area contributed by atoms with Gasteiger partial charge in [0.2, 0.25) is 11.8 Å². The van der Waals surface area contributed by atoms with Crippen LogP contribution in [0.3, 0.4) is 0 Å². The van der Waals surface area contributed by atoms with Gasteiger partial charge in [-0.15, -0.1) is 0 Å². The summed E-state index contributed by atoms with van der Waals surface area (Å²) in [5.74, 6) is 0.111. The van der Waals surface area contributed by atoms with Crippen LogP contribution in [0.15, 0.2) is 24.3 Å². The quantitative estimate of drug-likeness (QED) is 0.831. The van der Waals surface area contributed by atoms with Crippen molar-refractivity contribution in [3.63, 3.8) is 0 Å². The van der Waals surface area contributed by atoms with E-state index in [9.17, 15) is 9.59 Å². The summed E-state index contributed by atoms with van der Waals surface area (Å²) >= 11 is 0. The van der Waals surface area contributed by atoms with Crippen molar-refractivity contribution in [1.82, 2.24) is 9.80 Å². The average Bonchev–Trinajstić information content (AvgIpc) is 2.56. The number of nitrogens with zero attached hydrogens (tertiary/aromatic N) is 2. The highest BCUT2D eigenvalue weighted by Crippen LogP contribution is 2.21. The predicted molar refractivity (Wildman–Crippen MR) is 96.5 cm³/mol. The van der Waals surface area contributed by atoms with E-state index in [0.29, 0.717) is 13.1 Å². The van der Waals surface area contributed by atoms with Gasteiger partial charge in [-0.2, -0.15) is 0 Å². The number of benzene rings is 1. The van der Waals surface area contributed by atoms with Crippen LogP contribution in [0.4, 0.5) is 0 Å². The maximum atomic E-state index is 12.7. The van der Waals surface area contributed by atoms with Crippen LogP contribution in [-0.2, 0) is 22.6 Å². The molecule has 0 aliphatic carbocycles. The van der Waals surface area contributed by atoms with E-state index in [-0.39, 0.29) is 18.4 Å². The van der Waals surface area contributed by atoms with Crippen LogP contribution < -0.4 is 0 Å². The highest BCUT2D eigenvalue weighted by atomic mass is 16.2. The Bertz CT molecular complexity index is 590. The van der Waals surface area contributed by atoms with Gasteiger partial charge in [0.1, 0.15) is 0 Å². The Morgan fingerprint density at radius 1 is 1.17 bits per heavy atom. The molecule has 1 aromatic rings. The second-order valence-corrected chi connectivity index (χ2v) is 7.66. The lowest BCUT2D eigenvalue weighted by Crippen LogP contribution is -2.47. The van der Waals surface area contributed by atoms with Crippen LogP contribution in [0.2, 0.25) is 0 Å². The molecule has 0 fully saturated rings. The molecule has 0 saturated carbocycles. The second-order valence-electron chi connectivity index (χ2n) is 7.66. The van der Waals surface area contributed by atoms with Gasteiger partial charge >= 0.3 is 0 Å². The second kappa shape index (κ2) is 7.82. The van der Waals surface area contributed by atoms with Crippen LogP contribution in [0.1, 0.15) is 51.7 Å². The lowest BCUT2D eigenvalue weighted by atomic mass is 9.94. The van der Waals surface area contributed by atoms with Gasteiger partial charge in [-0.05, 0) is 24.0 Å². The third-order valence-corrected chi connectivity index (χ3v) is 4.52. The summed E-state index contributed by atoms with van der Waals surface area (Å²) in [6.07, 6.45) is 2.83. The van der Waals surface area contributed by atoms with Gasteiger partial charge in [-0.3, -0.25) is 9.59 Å². The van der Waals surface area contributed by atoms with E-state index in [2.05, 4.69) is 19.1 Å². The minimum absolute atomic E-state index is 0.0539. The molecule has 4 nitrogen and oxygen atoms in total. The molecule has 2 amide bonds. The zero-order chi connectivity index (χ0) is 17.7. The van der Waals surface area contributed by atoms with E-state index < -0.39 is 5.41 Å². The summed E-state index contributed by atoms with van der Waals surface area (Å²) < 4.78 is 0. The Hall–Kier alpha value is -1.84. The fourth-order valence-electron chi connectivity index (χ4n) is 3.05. The summed E-state index contributed by atoms with van der Waals surface area (Å²) in [6, 6.07) is 8.28. The summed E-state index contributed by atoms with van der Waals surface area (Å²) in [5, 5.41) is 0. The Morgan fingerprint density at radius 3 is 2.46 bits per heavy atom. The van der Waals surface area contributed by atoms with Gasteiger partial charge in [-0.1, -0.05) is 58.4 Å². The number of carbonyl (C=O) groups is 2. The topological polar surface area (TPSA) is 40.6 Å². The summed E-state index contributed by atoms with van der Waals surface area (Å²) in [7, 11) is 0. The standard InChI is InChI=1S/C20H30N2O2/c1-5-6-12-22(19(24)20(2,3)4)15-18(23)21-13-11-16-9-7-8-10-17(16)14-21/h7-10H,5-6,11-15H2,1-4H3. The SMILES string of the molecule is CCCCN(CC(=O)N1CCc2ccccc2C1)C(=O)C(C)(C)C. The van der Waals surface area contributed by atoms with Crippen molar-refractivity contribution in [3.8, 4) is 0 Å². The van der Waals surface area contributed by atoms with Gasteiger partial charge in [-0.25, -0.2) is 0 Å². The molecule has 1 aliphatic heterocycles. The van der Waals surface area contributed by atoms with Crippen molar-refractivity contribution in [2.45, 2.75) is 53.5 Å². The van der Waals surface area contributed by atoms with E-state index in [1.807, 2.05) is 37.8 Å². The fourth-order valence-corrected chi connectivity index (χ4v) is 3.05. The number of amides is 2. The Morgan fingerprint density at radius 2 is 1.83 bits per heavy atom. The molecule has 1 heterocycles. The van der Waals surface area contributed by atoms with E-state index in [1.54, 1.807) is 4.90 Å². The molecular weight excluding hydrogens is 300 g/mol. The molecule has 0 saturated heterocycles. The Labute approximate surface area is 145 Å². The van der Waals surface area contributed by atoms with Crippen molar-refractivity contribution in [3.05, 3.63) is 35.4 Å². The molecule has 0 radical (unpaired) electrons. The first kappa shape index (κ1) is 18.5. The molecule has 0 aromatic heterocycles. The van der Waals surface area contributed by atoms with Crippen LogP contribution >= 0.6 is 0 Å². The number of carbonyl (C=O) groups excluding carboxylic acids is 2. The average molecular weight is 330 g/mol. The number of fused-ring (bicyclic) bond motifs is 1. The molecular formula is C20H30N2O2. The first-order valence-electron chi connectivity index (χ1n) is 8.97. The third kappa shape index (κ3) is 4.59. The first-order chi connectivity index (χ1) is 11.3. The Balaban J connectivity index is 2.04. The molecule has 1 aromatic carbocycles. The van der Waals surface area contributed by atoms with Crippen molar-refractivity contribution in [1.29, 1.82) is 0 Å². The van der Waals surface area contributed by atoms with Gasteiger partial charge in [0.15, 0.2) is 0 Å². The molecule has 2 rings (SSSR count). The molecule has 0 bridgehead atoms. The number of rotatable bonds is 5. The highest BCUT2D eigenvalue weighted by Gasteiger charge is 2.30. The van der Waals surface area contributed by atoms with Gasteiger partial charge in [0, 0.05) is 25.0 Å². The van der Waals surface area contributed by atoms with E-state index in [1.165, 1.54) is 11.1 Å². The molecule has 132 valence electrons. The normalized spacial score (nSPS) is 14.2. The van der Waals surface area contributed by atoms with Crippen molar-refractivity contribution < 1.29 is 9.59 Å². The predicted octanol–water partition coefficient (Wildman–Crippen LogP) is 3.25. The van der Waals surface area contributed by atoms with Crippen molar-refractivity contribution in [2.24, 2.45) is 5.41 Å². The highest BCUT2D eigenvalue weighted by molar-refractivity contribution is 5.87. The monoisotopic (exact) mass is 330 g/mol. The summed E-state index contributed by atoms with van der Waals surface area (Å²) in [5.41, 5.74) is 2.09. The Kier molecular flexibility index (Phi) is 6.03. The first-order valence-corrected chi connectivity index (χ1v) is 8.97. The maximum Gasteiger partial charge on any atom is 0.242 e. The van der Waals surface area contributed by atoms with E-state index in [0.717, 1.165) is 25.8 Å². The minimum Gasteiger partial charge on any atom is -0.336 e. The van der Waals surface area contributed by atoms with Crippen molar-refractivity contribution >= 4 is 11.8 Å². The number of hydrogen-bond acceptors (Lipinski definition) is 2. The fraction of sp³-hybridized carbons (Fsp3) is 0.600. The molecule has 1 aliphatic rings. The van der Waals surface area contributed by atoms with Crippen LogP contribution in [0.25, 0.3) is 0 Å². The van der Waals surface area contributed by atoms with Crippen LogP contribution in [-0.4, -0.2) is 41.2 Å². The lowest BCUT2D eigenvalue weighted by molar-refractivity contribution is -0.146. The van der Waals surface area contributed by atoms with Crippen LogP contribution in [0, 0.1) is 5.41 Å². The maximum absolute atomic E-state index is 12.7.